The van der Waals surface area contributed by atoms with E-state index in [1.165, 1.54) is 0 Å². The Morgan fingerprint density at radius 2 is 1.90 bits per heavy atom. The van der Waals surface area contributed by atoms with E-state index in [1.54, 1.807) is 0 Å². The molecule has 0 amide bonds. The van der Waals surface area contributed by atoms with Gasteiger partial charge < -0.3 is 9.53 Å². The van der Waals surface area contributed by atoms with Crippen LogP contribution in [0.1, 0.15) is 53.9 Å². The average molecular weight is 297 g/mol. The number of rotatable bonds is 6. The maximum absolute atomic E-state index is 10.2. The maximum Gasteiger partial charge on any atom is 0.193 e. The third-order valence-corrected chi connectivity index (χ3v) is 8.31. The van der Waals surface area contributed by atoms with Crippen molar-refractivity contribution >= 4 is 8.32 Å². The topological polar surface area (TPSA) is 29.5 Å². The Balaban J connectivity index is 4.84. The zero-order chi connectivity index (χ0) is 15.8. The van der Waals surface area contributed by atoms with Gasteiger partial charge in [-0.2, -0.15) is 0 Å². The number of aliphatic hydroxyl groups is 1. The van der Waals surface area contributed by atoms with E-state index in [4.69, 9.17) is 4.43 Å². The first-order valence-corrected chi connectivity index (χ1v) is 10.5. The first-order valence-electron chi connectivity index (χ1n) is 7.62. The van der Waals surface area contributed by atoms with E-state index in [9.17, 15) is 5.11 Å². The molecule has 0 radical (unpaired) electrons. The third kappa shape index (κ3) is 6.74. The summed E-state index contributed by atoms with van der Waals surface area (Å²) in [7, 11) is -1.90. The molecule has 2 nitrogen and oxygen atoms in total. The molecule has 0 aliphatic heterocycles. The van der Waals surface area contributed by atoms with E-state index < -0.39 is 14.4 Å². The predicted octanol–water partition coefficient (Wildman–Crippen LogP) is 4.51. The Bertz CT molecular complexity index is 355. The van der Waals surface area contributed by atoms with Crippen molar-refractivity contribution in [1.82, 2.24) is 0 Å². The second-order valence-corrected chi connectivity index (χ2v) is 11.5. The molecule has 0 saturated heterocycles. The summed E-state index contributed by atoms with van der Waals surface area (Å²) in [5.41, 5.74) is 0. The summed E-state index contributed by atoms with van der Waals surface area (Å²) in [5, 5.41) is 10.4. The molecule has 116 valence electrons. The van der Waals surface area contributed by atoms with Crippen LogP contribution in [0.15, 0.2) is 12.2 Å². The number of hydrogen-bond acceptors (Lipinski definition) is 2. The van der Waals surface area contributed by atoms with Gasteiger partial charge in [-0.1, -0.05) is 52.2 Å². The molecule has 0 fully saturated rings. The Morgan fingerprint density at radius 3 is 2.35 bits per heavy atom. The van der Waals surface area contributed by atoms with Crippen molar-refractivity contribution in [3.8, 4) is 11.8 Å². The van der Waals surface area contributed by atoms with Crippen LogP contribution in [-0.2, 0) is 4.43 Å². The van der Waals surface area contributed by atoms with Gasteiger partial charge in [0, 0.05) is 6.42 Å². The first-order chi connectivity index (χ1) is 9.15. The quantitative estimate of drug-likeness (QED) is 0.338. The largest absolute Gasteiger partial charge is 0.407 e. The van der Waals surface area contributed by atoms with E-state index >= 15 is 0 Å². The molecule has 0 saturated carbocycles. The summed E-state index contributed by atoms with van der Waals surface area (Å²) in [6, 6.07) is 0. The molecule has 0 aromatic carbocycles. The summed E-state index contributed by atoms with van der Waals surface area (Å²) in [6.45, 7) is 15.1. The van der Waals surface area contributed by atoms with Crippen molar-refractivity contribution in [2.24, 2.45) is 0 Å². The molecule has 2 atom stereocenters. The fraction of sp³-hybridized carbons (Fsp3) is 0.765. The van der Waals surface area contributed by atoms with Crippen LogP contribution in [0.5, 0.6) is 0 Å². The van der Waals surface area contributed by atoms with Gasteiger partial charge in [-0.3, -0.25) is 0 Å². The molecule has 0 unspecified atom stereocenters. The second-order valence-electron chi connectivity index (χ2n) is 6.74. The Kier molecular flexibility index (Phi) is 8.42. The van der Waals surface area contributed by atoms with Crippen molar-refractivity contribution in [2.75, 3.05) is 0 Å². The molecule has 0 aromatic rings. The smallest absolute Gasteiger partial charge is 0.193 e. The molecule has 0 heterocycles. The molecule has 20 heavy (non-hydrogen) atoms. The lowest BCUT2D eigenvalue weighted by Crippen LogP contribution is -2.46. The molecular weight excluding hydrogens is 264 g/mol. The van der Waals surface area contributed by atoms with Crippen LogP contribution >= 0.6 is 0 Å². The van der Waals surface area contributed by atoms with Gasteiger partial charge in [0.1, 0.15) is 12.2 Å². The lowest BCUT2D eigenvalue weighted by atomic mass is 10.2. The first kappa shape index (κ1) is 19.4. The minimum Gasteiger partial charge on any atom is -0.407 e. The molecule has 0 aromatic heterocycles. The molecule has 3 heteroatoms. The highest BCUT2D eigenvalue weighted by atomic mass is 28.4. The maximum atomic E-state index is 10.2. The van der Waals surface area contributed by atoms with Crippen molar-refractivity contribution in [3.05, 3.63) is 12.2 Å². The molecule has 1 N–H and O–H groups in total. The van der Waals surface area contributed by atoms with Crippen molar-refractivity contribution in [3.63, 3.8) is 0 Å². The highest BCUT2D eigenvalue weighted by Crippen LogP contribution is 2.37. The number of allylic oxidation sites excluding steroid dienone is 1. The number of aliphatic hydroxyl groups excluding tert-OH is 1. The van der Waals surface area contributed by atoms with E-state index in [-0.39, 0.29) is 11.1 Å². The van der Waals surface area contributed by atoms with Gasteiger partial charge in [-0.15, -0.1) is 5.92 Å². The molecule has 0 aliphatic rings. The fourth-order valence-electron chi connectivity index (χ4n) is 1.44. The van der Waals surface area contributed by atoms with Crippen LogP contribution in [0.2, 0.25) is 18.1 Å². The van der Waals surface area contributed by atoms with E-state index in [0.29, 0.717) is 0 Å². The highest BCUT2D eigenvalue weighted by molar-refractivity contribution is 6.74. The van der Waals surface area contributed by atoms with Crippen LogP contribution in [0.4, 0.5) is 0 Å². The summed E-state index contributed by atoms with van der Waals surface area (Å²) in [6.07, 6.45) is 5.83. The average Bonchev–Trinajstić information content (AvgIpc) is 2.32. The van der Waals surface area contributed by atoms with Gasteiger partial charge in [-0.25, -0.2) is 0 Å². The number of unbranched alkanes of at least 4 members (excludes halogenated alkanes) is 2. The predicted molar refractivity (Wildman–Crippen MR) is 90.2 cm³/mol. The monoisotopic (exact) mass is 296 g/mol. The minimum absolute atomic E-state index is 0.127. The lowest BCUT2D eigenvalue weighted by molar-refractivity contribution is 0.0934. The fourth-order valence-corrected chi connectivity index (χ4v) is 2.68. The van der Waals surface area contributed by atoms with Crippen molar-refractivity contribution < 1.29 is 9.53 Å². The summed E-state index contributed by atoms with van der Waals surface area (Å²) in [4.78, 5) is 0. The summed E-state index contributed by atoms with van der Waals surface area (Å²) < 4.78 is 6.26. The van der Waals surface area contributed by atoms with E-state index in [0.717, 1.165) is 19.3 Å². The molecular formula is C17H32O2Si. The molecule has 0 aliphatic carbocycles. The van der Waals surface area contributed by atoms with Gasteiger partial charge in [0.2, 0.25) is 0 Å². The van der Waals surface area contributed by atoms with Gasteiger partial charge in [-0.05, 0) is 31.5 Å². The Morgan fingerprint density at radius 1 is 1.30 bits per heavy atom. The van der Waals surface area contributed by atoms with Gasteiger partial charge >= 0.3 is 0 Å². The van der Waals surface area contributed by atoms with Gasteiger partial charge in [0.15, 0.2) is 8.32 Å². The third-order valence-electron chi connectivity index (χ3n) is 3.84. The zero-order valence-electron chi connectivity index (χ0n) is 14.3. The molecule has 0 spiro atoms. The highest BCUT2D eigenvalue weighted by Gasteiger charge is 2.39. The van der Waals surface area contributed by atoms with Crippen LogP contribution in [0.25, 0.3) is 0 Å². The van der Waals surface area contributed by atoms with E-state index in [2.05, 4.69) is 52.6 Å². The number of hydrogen-bond donors (Lipinski definition) is 1. The van der Waals surface area contributed by atoms with Crippen LogP contribution in [0, 0.1) is 11.8 Å². The molecule has 0 bridgehead atoms. The minimum atomic E-state index is -1.90. The van der Waals surface area contributed by atoms with Crippen LogP contribution in [-0.4, -0.2) is 25.6 Å². The van der Waals surface area contributed by atoms with Gasteiger partial charge in [0.25, 0.3) is 0 Å². The van der Waals surface area contributed by atoms with Crippen LogP contribution in [0.3, 0.4) is 0 Å². The van der Waals surface area contributed by atoms with Crippen molar-refractivity contribution in [2.45, 2.75) is 84.2 Å². The second kappa shape index (κ2) is 8.66. The Labute approximate surface area is 126 Å². The Hall–Kier alpha value is -0.563. The van der Waals surface area contributed by atoms with Crippen molar-refractivity contribution in [1.29, 1.82) is 0 Å². The zero-order valence-corrected chi connectivity index (χ0v) is 15.3. The lowest BCUT2D eigenvalue weighted by Gasteiger charge is -2.39. The van der Waals surface area contributed by atoms with E-state index in [1.807, 2.05) is 19.1 Å². The standard InChI is InChI=1S/C17H32O2Si/c1-8-10-11-12-14-15(18)16(13-9-2)19-20(6,7)17(3,4)5/h9,13,15-16,18H,8,10-11H2,1-7H3/b13-9+/t15-,16-/m1/s1. The SMILES string of the molecule is C/C=C/[C@@H](O[Si](C)(C)C(C)(C)C)[C@H](O)C#CCCCC. The van der Waals surface area contributed by atoms with Crippen LogP contribution < -0.4 is 0 Å². The molecule has 0 rings (SSSR count). The normalized spacial score (nSPS) is 15.8. The van der Waals surface area contributed by atoms with Gasteiger partial charge in [0.05, 0.1) is 0 Å². The summed E-state index contributed by atoms with van der Waals surface area (Å²) in [5.74, 6) is 5.98. The summed E-state index contributed by atoms with van der Waals surface area (Å²) >= 11 is 0.